The van der Waals surface area contributed by atoms with Gasteiger partial charge in [0.15, 0.2) is 0 Å². The zero-order valence-corrected chi connectivity index (χ0v) is 31.8. The summed E-state index contributed by atoms with van der Waals surface area (Å²) in [5, 5.41) is 2.53. The van der Waals surface area contributed by atoms with Crippen molar-refractivity contribution in [1.82, 2.24) is 0 Å². The van der Waals surface area contributed by atoms with Gasteiger partial charge in [-0.25, -0.2) is 0 Å². The second kappa shape index (κ2) is 15.1. The molecule has 0 saturated carbocycles. The number of rotatable bonds is 6. The SMILES string of the molecule is CSC(=S)OC1CCC(OC(=S)SC)c2cc(-c3ccc(-c4cc(C)c(-c5ccc(-c6ccc7ccccc7c6)cc5)cc4C)cc3)ccc21. The fraction of sp³-hybridized carbons (Fsp3) is 0.182. The first-order valence-electron chi connectivity index (χ1n) is 16.8. The second-order valence-corrected chi connectivity index (χ2v) is 15.6. The van der Waals surface area contributed by atoms with E-state index in [1.807, 2.05) is 12.5 Å². The molecule has 6 aromatic rings. The Hall–Kier alpha value is -3.94. The van der Waals surface area contributed by atoms with Gasteiger partial charge in [0.25, 0.3) is 0 Å². The Labute approximate surface area is 314 Å². The van der Waals surface area contributed by atoms with Gasteiger partial charge in [0, 0.05) is 0 Å². The molecule has 0 amide bonds. The summed E-state index contributed by atoms with van der Waals surface area (Å²) in [6.45, 7) is 4.42. The number of thiocarbonyl (C=S) groups is 2. The largest absolute Gasteiger partial charge is 0.470 e. The summed E-state index contributed by atoms with van der Waals surface area (Å²) in [5.41, 5.74) is 14.5. The summed E-state index contributed by atoms with van der Waals surface area (Å²) in [5.74, 6) is 0. The van der Waals surface area contributed by atoms with Crippen LogP contribution in [0, 0.1) is 13.8 Å². The van der Waals surface area contributed by atoms with E-state index in [9.17, 15) is 0 Å². The Balaban J connectivity index is 1.13. The molecule has 0 N–H and O–H groups in total. The average molecular weight is 727 g/mol. The topological polar surface area (TPSA) is 18.5 Å². The van der Waals surface area contributed by atoms with Gasteiger partial charge in [-0.3, -0.25) is 0 Å². The maximum absolute atomic E-state index is 6.22. The normalized spacial score (nSPS) is 15.4. The van der Waals surface area contributed by atoms with Gasteiger partial charge in [-0.2, -0.15) is 0 Å². The lowest BCUT2D eigenvalue weighted by molar-refractivity contribution is 0.116. The van der Waals surface area contributed by atoms with Crippen molar-refractivity contribution in [2.75, 3.05) is 12.5 Å². The van der Waals surface area contributed by atoms with Gasteiger partial charge < -0.3 is 9.47 Å². The number of benzene rings is 6. The quantitative estimate of drug-likeness (QED) is 0.158. The van der Waals surface area contributed by atoms with Gasteiger partial charge >= 0.3 is 0 Å². The smallest absolute Gasteiger partial charge is 0.220 e. The molecule has 0 radical (unpaired) electrons. The fourth-order valence-electron chi connectivity index (χ4n) is 7.01. The lowest BCUT2D eigenvalue weighted by Crippen LogP contribution is -2.20. The highest BCUT2D eigenvalue weighted by atomic mass is 32.2. The molecule has 0 saturated heterocycles. The summed E-state index contributed by atoms with van der Waals surface area (Å²) in [4.78, 5) is 0. The predicted octanol–water partition coefficient (Wildman–Crippen LogP) is 13.3. The van der Waals surface area contributed by atoms with Crippen molar-refractivity contribution in [2.45, 2.75) is 38.9 Å². The minimum absolute atomic E-state index is 0.0826. The van der Waals surface area contributed by atoms with E-state index in [4.69, 9.17) is 33.9 Å². The molecule has 2 atom stereocenters. The van der Waals surface area contributed by atoms with Crippen molar-refractivity contribution in [1.29, 1.82) is 0 Å². The lowest BCUT2D eigenvalue weighted by Gasteiger charge is -2.32. The van der Waals surface area contributed by atoms with Crippen LogP contribution in [0.1, 0.15) is 47.3 Å². The zero-order chi connectivity index (χ0) is 34.8. The van der Waals surface area contributed by atoms with E-state index in [0.717, 1.165) is 35.1 Å². The number of aryl methyl sites for hydroxylation is 2. The van der Waals surface area contributed by atoms with Gasteiger partial charge in [-0.15, -0.1) is 0 Å². The first-order valence-corrected chi connectivity index (χ1v) is 20.0. The van der Waals surface area contributed by atoms with E-state index in [1.165, 1.54) is 78.8 Å². The summed E-state index contributed by atoms with van der Waals surface area (Å²) in [7, 11) is 0. The lowest BCUT2D eigenvalue weighted by atomic mass is 9.85. The van der Waals surface area contributed by atoms with Crippen molar-refractivity contribution < 1.29 is 9.47 Å². The van der Waals surface area contributed by atoms with E-state index >= 15 is 0 Å². The van der Waals surface area contributed by atoms with Crippen molar-refractivity contribution in [3.63, 3.8) is 0 Å². The van der Waals surface area contributed by atoms with E-state index < -0.39 is 0 Å². The second-order valence-electron chi connectivity index (χ2n) is 12.7. The van der Waals surface area contributed by atoms with Crippen LogP contribution in [-0.2, 0) is 9.47 Å². The minimum atomic E-state index is -0.106. The van der Waals surface area contributed by atoms with Gasteiger partial charge in [0.2, 0.25) is 8.77 Å². The van der Waals surface area contributed by atoms with E-state index in [1.54, 1.807) is 0 Å². The Bertz CT molecular complexity index is 2210. The fourth-order valence-corrected chi connectivity index (χ4v) is 7.66. The van der Waals surface area contributed by atoms with Crippen LogP contribution in [0.5, 0.6) is 0 Å². The third-order valence-electron chi connectivity index (χ3n) is 9.66. The van der Waals surface area contributed by atoms with E-state index in [2.05, 4.69) is 135 Å². The predicted molar refractivity (Wildman–Crippen MR) is 224 cm³/mol. The molecule has 6 aromatic carbocycles. The summed E-state index contributed by atoms with van der Waals surface area (Å²) < 4.78 is 13.5. The van der Waals surface area contributed by atoms with Gasteiger partial charge in [0.05, 0.1) is 0 Å². The van der Waals surface area contributed by atoms with Crippen LogP contribution in [0.2, 0.25) is 0 Å². The van der Waals surface area contributed by atoms with Crippen LogP contribution in [0.4, 0.5) is 0 Å². The Kier molecular flexibility index (Phi) is 10.4. The van der Waals surface area contributed by atoms with Crippen LogP contribution < -0.4 is 0 Å². The molecule has 1 aliphatic carbocycles. The van der Waals surface area contributed by atoms with Crippen molar-refractivity contribution in [3.05, 3.63) is 144 Å². The molecule has 50 heavy (non-hydrogen) atoms. The van der Waals surface area contributed by atoms with E-state index in [0.29, 0.717) is 8.77 Å². The number of hydrogen-bond acceptors (Lipinski definition) is 6. The molecule has 2 unspecified atom stereocenters. The van der Waals surface area contributed by atoms with Crippen LogP contribution in [-0.4, -0.2) is 21.3 Å². The molecular formula is C44H38O2S4. The minimum Gasteiger partial charge on any atom is -0.470 e. The first kappa shape index (κ1) is 34.5. The summed E-state index contributed by atoms with van der Waals surface area (Å²) in [6.07, 6.45) is 5.36. The van der Waals surface area contributed by atoms with Crippen molar-refractivity contribution >= 4 is 67.5 Å². The molecule has 2 nitrogen and oxygen atoms in total. The molecule has 0 bridgehead atoms. The van der Waals surface area contributed by atoms with Gasteiger partial charge in [0.1, 0.15) is 12.2 Å². The zero-order valence-electron chi connectivity index (χ0n) is 28.6. The van der Waals surface area contributed by atoms with Crippen molar-refractivity contribution in [2.24, 2.45) is 0 Å². The Morgan fingerprint density at radius 2 is 0.940 bits per heavy atom. The molecule has 1 aliphatic rings. The monoisotopic (exact) mass is 726 g/mol. The average Bonchev–Trinajstić information content (AvgIpc) is 3.16. The maximum Gasteiger partial charge on any atom is 0.220 e. The Morgan fingerprint density at radius 1 is 0.500 bits per heavy atom. The van der Waals surface area contributed by atoms with Crippen LogP contribution >= 0.6 is 48.0 Å². The maximum atomic E-state index is 6.22. The molecule has 0 heterocycles. The summed E-state index contributed by atoms with van der Waals surface area (Å²) in [6, 6.07) is 44.3. The van der Waals surface area contributed by atoms with Gasteiger partial charge in [-0.05, 0) is 153 Å². The molecule has 0 fully saturated rings. The molecule has 0 aliphatic heterocycles. The molecule has 0 aromatic heterocycles. The molecular weight excluding hydrogens is 689 g/mol. The highest BCUT2D eigenvalue weighted by molar-refractivity contribution is 8.22. The van der Waals surface area contributed by atoms with Gasteiger partial charge in [-0.1, -0.05) is 133 Å². The molecule has 250 valence electrons. The van der Waals surface area contributed by atoms with Crippen LogP contribution in [0.25, 0.3) is 55.3 Å². The number of fused-ring (bicyclic) bond motifs is 2. The molecule has 0 spiro atoms. The standard InChI is InChI=1S/C44H38O2S4/c1-27-24-39(28(2)23-38(27)32-14-9-30(10-15-32)35-18-13-29-7-5-6-8-34(29)25-35)33-16-11-31(12-17-33)36-19-20-37-40(26-36)42(46-44(48)50-4)22-21-41(37)45-43(47)49-3/h5-20,23-26,41-42H,21-22H2,1-4H3. The van der Waals surface area contributed by atoms with Crippen LogP contribution in [0.3, 0.4) is 0 Å². The first-order chi connectivity index (χ1) is 24.3. The Morgan fingerprint density at radius 3 is 1.48 bits per heavy atom. The number of ether oxygens (including phenoxy) is 2. The number of hydrogen-bond donors (Lipinski definition) is 0. The third-order valence-corrected chi connectivity index (χ3v) is 11.7. The highest BCUT2D eigenvalue weighted by Crippen LogP contribution is 2.43. The van der Waals surface area contributed by atoms with Crippen LogP contribution in [0.15, 0.2) is 121 Å². The summed E-state index contributed by atoms with van der Waals surface area (Å²) >= 11 is 13.8. The third kappa shape index (κ3) is 7.26. The van der Waals surface area contributed by atoms with Crippen molar-refractivity contribution in [3.8, 4) is 44.5 Å². The number of thioether (sulfide) groups is 2. The van der Waals surface area contributed by atoms with E-state index in [-0.39, 0.29) is 12.2 Å². The highest BCUT2D eigenvalue weighted by Gasteiger charge is 2.31. The molecule has 7 rings (SSSR count). The molecule has 6 heteroatoms.